The molecule has 2 rings (SSSR count). The molecule has 1 aromatic heterocycles. The molecule has 1 unspecified atom stereocenters. The molecule has 0 radical (unpaired) electrons. The molecule has 0 aromatic carbocycles. The van der Waals surface area contributed by atoms with E-state index in [1.165, 1.54) is 6.33 Å². The summed E-state index contributed by atoms with van der Waals surface area (Å²) in [6.07, 6.45) is 3.36. The summed E-state index contributed by atoms with van der Waals surface area (Å²) < 4.78 is 0. The normalized spacial score (nSPS) is 20.4. The van der Waals surface area contributed by atoms with Gasteiger partial charge in [-0.1, -0.05) is 6.92 Å². The summed E-state index contributed by atoms with van der Waals surface area (Å²) in [6, 6.07) is 0. The van der Waals surface area contributed by atoms with Crippen LogP contribution in [-0.2, 0) is 6.42 Å². The van der Waals surface area contributed by atoms with Gasteiger partial charge in [0.25, 0.3) is 0 Å². The van der Waals surface area contributed by atoms with Crippen LogP contribution < -0.4 is 10.6 Å². The second kappa shape index (κ2) is 4.65. The summed E-state index contributed by atoms with van der Waals surface area (Å²) >= 11 is 0. The Balaban J connectivity index is 2.24. The topological polar surface area (TPSA) is 75.3 Å². The molecule has 0 saturated carbocycles. The minimum absolute atomic E-state index is 0.249. The predicted octanol–water partition coefficient (Wildman–Crippen LogP) is 0.440. The Bertz CT molecular complexity index is 369. The van der Waals surface area contributed by atoms with Crippen LogP contribution in [0.2, 0.25) is 0 Å². The third kappa shape index (κ3) is 1.95. The highest BCUT2D eigenvalue weighted by Gasteiger charge is 2.24. The molecular weight excluding hydrogens is 204 g/mol. The maximum absolute atomic E-state index is 9.13. The van der Waals surface area contributed by atoms with E-state index in [9.17, 15) is 0 Å². The molecule has 3 N–H and O–H groups in total. The van der Waals surface area contributed by atoms with E-state index in [0.717, 1.165) is 37.3 Å². The molecule has 1 aromatic rings. The third-order valence-corrected chi connectivity index (χ3v) is 3.15. The van der Waals surface area contributed by atoms with Gasteiger partial charge < -0.3 is 15.7 Å². The lowest BCUT2D eigenvalue weighted by atomic mass is 10.1. The second-order valence-electron chi connectivity index (χ2n) is 4.20. The monoisotopic (exact) mass is 222 g/mol. The van der Waals surface area contributed by atoms with Crippen LogP contribution >= 0.6 is 0 Å². The molecule has 5 heteroatoms. The van der Waals surface area contributed by atoms with E-state index in [-0.39, 0.29) is 6.61 Å². The molecule has 0 spiro atoms. The first-order chi connectivity index (χ1) is 7.76. The van der Waals surface area contributed by atoms with Crippen LogP contribution in [0.5, 0.6) is 0 Å². The Kier molecular flexibility index (Phi) is 3.24. The number of aliphatic hydroxyl groups excluding tert-OH is 1. The summed E-state index contributed by atoms with van der Waals surface area (Å²) in [4.78, 5) is 10.5. The Labute approximate surface area is 95.3 Å². The molecule has 5 nitrogen and oxygen atoms in total. The summed E-state index contributed by atoms with van der Waals surface area (Å²) in [5, 5.41) is 9.13. The second-order valence-corrected chi connectivity index (χ2v) is 4.20. The maximum Gasteiger partial charge on any atom is 0.137 e. The van der Waals surface area contributed by atoms with Gasteiger partial charge in [-0.05, 0) is 12.8 Å². The molecule has 1 aliphatic heterocycles. The molecule has 1 fully saturated rings. The number of aliphatic hydroxyl groups is 1. The molecule has 1 aliphatic rings. The highest BCUT2D eigenvalue weighted by molar-refractivity contribution is 5.57. The van der Waals surface area contributed by atoms with Crippen molar-refractivity contribution in [3.05, 3.63) is 11.9 Å². The molecule has 1 saturated heterocycles. The number of nitrogens with two attached hydrogens (primary N) is 1. The molecule has 2 heterocycles. The first-order valence-corrected chi connectivity index (χ1v) is 5.71. The number of rotatable bonds is 3. The van der Waals surface area contributed by atoms with E-state index in [2.05, 4.69) is 21.8 Å². The van der Waals surface area contributed by atoms with Crippen molar-refractivity contribution in [3.63, 3.8) is 0 Å². The molecule has 0 bridgehead atoms. The van der Waals surface area contributed by atoms with Crippen LogP contribution in [0.25, 0.3) is 0 Å². The van der Waals surface area contributed by atoms with Gasteiger partial charge in [0.05, 0.1) is 0 Å². The molecule has 0 amide bonds. The van der Waals surface area contributed by atoms with Crippen molar-refractivity contribution in [2.24, 2.45) is 5.92 Å². The minimum atomic E-state index is 0.249. The third-order valence-electron chi connectivity index (χ3n) is 3.15. The van der Waals surface area contributed by atoms with Crippen LogP contribution in [0, 0.1) is 5.92 Å². The lowest BCUT2D eigenvalue weighted by molar-refractivity contribution is 0.238. The molecule has 88 valence electrons. The van der Waals surface area contributed by atoms with Crippen LogP contribution in [0.3, 0.4) is 0 Å². The van der Waals surface area contributed by atoms with Crippen LogP contribution in [0.1, 0.15) is 18.9 Å². The summed E-state index contributed by atoms with van der Waals surface area (Å²) in [5.74, 6) is 1.87. The molecule has 16 heavy (non-hydrogen) atoms. The van der Waals surface area contributed by atoms with E-state index in [1.807, 2.05) is 0 Å². The number of anilines is 2. The number of nitrogens with zero attached hydrogens (tertiary/aromatic N) is 3. The first-order valence-electron chi connectivity index (χ1n) is 5.71. The van der Waals surface area contributed by atoms with Crippen molar-refractivity contribution in [3.8, 4) is 0 Å². The zero-order valence-electron chi connectivity index (χ0n) is 9.56. The van der Waals surface area contributed by atoms with Crippen molar-refractivity contribution in [2.75, 3.05) is 30.3 Å². The zero-order valence-corrected chi connectivity index (χ0v) is 9.56. The molecule has 1 atom stereocenters. The average Bonchev–Trinajstić information content (AvgIpc) is 2.77. The summed E-state index contributed by atoms with van der Waals surface area (Å²) in [7, 11) is 0. The maximum atomic E-state index is 9.13. The minimum Gasteiger partial charge on any atom is -0.396 e. The molecular formula is C11H18N4O. The van der Waals surface area contributed by atoms with Gasteiger partial charge in [-0.25, -0.2) is 9.97 Å². The van der Waals surface area contributed by atoms with E-state index in [1.54, 1.807) is 0 Å². The predicted molar refractivity (Wildman–Crippen MR) is 63.2 cm³/mol. The highest BCUT2D eigenvalue weighted by atomic mass is 16.3. The van der Waals surface area contributed by atoms with Gasteiger partial charge in [-0.15, -0.1) is 0 Å². The van der Waals surface area contributed by atoms with Crippen molar-refractivity contribution in [2.45, 2.75) is 19.8 Å². The smallest absolute Gasteiger partial charge is 0.137 e. The van der Waals surface area contributed by atoms with E-state index in [4.69, 9.17) is 10.8 Å². The summed E-state index contributed by atoms with van der Waals surface area (Å²) in [5.41, 5.74) is 6.85. The van der Waals surface area contributed by atoms with Gasteiger partial charge >= 0.3 is 0 Å². The first kappa shape index (κ1) is 11.1. The zero-order chi connectivity index (χ0) is 11.5. The lowest BCUT2D eigenvalue weighted by Crippen LogP contribution is -2.23. The van der Waals surface area contributed by atoms with Gasteiger partial charge in [-0.3, -0.25) is 0 Å². The van der Waals surface area contributed by atoms with Crippen LogP contribution in [-0.4, -0.2) is 34.8 Å². The van der Waals surface area contributed by atoms with Crippen LogP contribution in [0.15, 0.2) is 6.33 Å². The Morgan fingerprint density at radius 3 is 3.00 bits per heavy atom. The number of hydrogen-bond acceptors (Lipinski definition) is 5. The Morgan fingerprint density at radius 2 is 2.38 bits per heavy atom. The highest BCUT2D eigenvalue weighted by Crippen LogP contribution is 2.27. The Hall–Kier alpha value is -1.36. The average molecular weight is 222 g/mol. The lowest BCUT2D eigenvalue weighted by Gasteiger charge is -2.20. The standard InChI is InChI=1S/C11H18N4O/c1-2-9-10(12)13-7-14-11(9)15-4-3-8(5-15)6-16/h7-8,16H,2-6H2,1H3,(H2,12,13,14). The number of hydrogen-bond donors (Lipinski definition) is 2. The molecule has 0 aliphatic carbocycles. The van der Waals surface area contributed by atoms with Gasteiger partial charge in [0.2, 0.25) is 0 Å². The van der Waals surface area contributed by atoms with Crippen LogP contribution in [0.4, 0.5) is 11.6 Å². The van der Waals surface area contributed by atoms with Crippen molar-refractivity contribution in [1.82, 2.24) is 9.97 Å². The fraction of sp³-hybridized carbons (Fsp3) is 0.636. The van der Waals surface area contributed by atoms with Gasteiger partial charge in [0, 0.05) is 31.2 Å². The Morgan fingerprint density at radius 1 is 1.56 bits per heavy atom. The number of aromatic nitrogens is 2. The van der Waals surface area contributed by atoms with E-state index >= 15 is 0 Å². The van der Waals surface area contributed by atoms with E-state index in [0.29, 0.717) is 11.7 Å². The largest absolute Gasteiger partial charge is 0.396 e. The van der Waals surface area contributed by atoms with Crippen molar-refractivity contribution in [1.29, 1.82) is 0 Å². The van der Waals surface area contributed by atoms with Crippen molar-refractivity contribution < 1.29 is 5.11 Å². The fourth-order valence-electron chi connectivity index (χ4n) is 2.20. The van der Waals surface area contributed by atoms with Gasteiger partial charge in [0.15, 0.2) is 0 Å². The SMILES string of the molecule is CCc1c(N)ncnc1N1CCC(CO)C1. The quantitative estimate of drug-likeness (QED) is 0.776. The number of nitrogen functional groups attached to an aromatic ring is 1. The summed E-state index contributed by atoms with van der Waals surface area (Å²) in [6.45, 7) is 4.10. The van der Waals surface area contributed by atoms with Gasteiger partial charge in [-0.2, -0.15) is 0 Å². The van der Waals surface area contributed by atoms with Crippen molar-refractivity contribution >= 4 is 11.6 Å². The fourth-order valence-corrected chi connectivity index (χ4v) is 2.20. The van der Waals surface area contributed by atoms with E-state index < -0.39 is 0 Å². The van der Waals surface area contributed by atoms with Gasteiger partial charge in [0.1, 0.15) is 18.0 Å².